The van der Waals surface area contributed by atoms with Crippen molar-refractivity contribution in [2.75, 3.05) is 7.11 Å². The van der Waals surface area contributed by atoms with Gasteiger partial charge < -0.3 is 4.74 Å². The van der Waals surface area contributed by atoms with Gasteiger partial charge in [0.2, 0.25) is 0 Å². The molecule has 0 spiro atoms. The minimum Gasteiger partial charge on any atom is -0.496 e. The fourth-order valence-electron chi connectivity index (χ4n) is 1.93. The van der Waals surface area contributed by atoms with E-state index >= 15 is 0 Å². The third-order valence-electron chi connectivity index (χ3n) is 2.86. The highest BCUT2D eigenvalue weighted by Crippen LogP contribution is 2.40. The highest BCUT2D eigenvalue weighted by Gasteiger charge is 2.19. The Morgan fingerprint density at radius 3 is 2.50 bits per heavy atom. The van der Waals surface area contributed by atoms with Gasteiger partial charge in [0.1, 0.15) is 5.75 Å². The van der Waals surface area contributed by atoms with Crippen LogP contribution in [0.5, 0.6) is 5.75 Å². The van der Waals surface area contributed by atoms with Crippen LogP contribution in [0.15, 0.2) is 28.1 Å². The molecular formula is C14H14BrClOS. The minimum atomic E-state index is -0.178. The zero-order valence-electron chi connectivity index (χ0n) is 10.5. The summed E-state index contributed by atoms with van der Waals surface area (Å²) in [5.41, 5.74) is 3.34. The van der Waals surface area contributed by atoms with Gasteiger partial charge in [-0.2, -0.15) is 0 Å². The van der Waals surface area contributed by atoms with Crippen LogP contribution in [0, 0.1) is 13.8 Å². The number of halogens is 2. The van der Waals surface area contributed by atoms with E-state index in [9.17, 15) is 0 Å². The molecule has 1 heterocycles. The van der Waals surface area contributed by atoms with Gasteiger partial charge in [0, 0.05) is 10.4 Å². The van der Waals surface area contributed by atoms with Crippen LogP contribution in [-0.2, 0) is 0 Å². The number of thiophene rings is 1. The van der Waals surface area contributed by atoms with Crippen LogP contribution < -0.4 is 4.74 Å². The van der Waals surface area contributed by atoms with Crippen molar-refractivity contribution in [3.8, 4) is 5.75 Å². The number of benzene rings is 1. The van der Waals surface area contributed by atoms with E-state index in [2.05, 4.69) is 41.9 Å². The second-order valence-corrected chi connectivity index (χ2v) is 7.24. The number of hydrogen-bond acceptors (Lipinski definition) is 2. The van der Waals surface area contributed by atoms with E-state index in [0.717, 1.165) is 20.7 Å². The topological polar surface area (TPSA) is 9.23 Å². The molecule has 0 amide bonds. The molecular weight excluding hydrogens is 332 g/mol. The third kappa shape index (κ3) is 2.73. The molecule has 1 nitrogen and oxygen atoms in total. The number of ether oxygens (including phenoxy) is 1. The van der Waals surface area contributed by atoms with Gasteiger partial charge in [0.25, 0.3) is 0 Å². The summed E-state index contributed by atoms with van der Waals surface area (Å²) in [6.45, 7) is 4.14. The van der Waals surface area contributed by atoms with Crippen LogP contribution >= 0.6 is 38.9 Å². The zero-order valence-corrected chi connectivity index (χ0v) is 13.6. The summed E-state index contributed by atoms with van der Waals surface area (Å²) in [5.74, 6) is 0.835. The van der Waals surface area contributed by atoms with E-state index in [1.165, 1.54) is 10.4 Å². The molecule has 96 valence electrons. The first-order valence-corrected chi connectivity index (χ1v) is 7.62. The van der Waals surface area contributed by atoms with Gasteiger partial charge in [-0.3, -0.25) is 0 Å². The molecule has 2 aromatic rings. The van der Waals surface area contributed by atoms with Gasteiger partial charge >= 0.3 is 0 Å². The van der Waals surface area contributed by atoms with Crippen LogP contribution in [0.3, 0.4) is 0 Å². The summed E-state index contributed by atoms with van der Waals surface area (Å²) < 4.78 is 6.50. The van der Waals surface area contributed by atoms with Gasteiger partial charge in [0.15, 0.2) is 0 Å². The van der Waals surface area contributed by atoms with E-state index < -0.39 is 0 Å². The van der Waals surface area contributed by atoms with E-state index in [0.29, 0.717) is 0 Å². The predicted octanol–water partition coefficient (Wildman–Crippen LogP) is 5.46. The Hall–Kier alpha value is -0.510. The second-order valence-electron chi connectivity index (χ2n) is 4.17. The maximum Gasteiger partial charge on any atom is 0.123 e. The molecule has 0 radical (unpaired) electrons. The van der Waals surface area contributed by atoms with Crippen LogP contribution in [0.2, 0.25) is 0 Å². The molecule has 1 atom stereocenters. The number of aryl methyl sites for hydroxylation is 2. The molecule has 0 saturated heterocycles. The summed E-state index contributed by atoms with van der Waals surface area (Å²) in [7, 11) is 1.67. The minimum absolute atomic E-state index is 0.178. The molecule has 18 heavy (non-hydrogen) atoms. The first-order valence-electron chi connectivity index (χ1n) is 5.57. The maximum absolute atomic E-state index is 6.61. The van der Waals surface area contributed by atoms with Crippen LogP contribution in [0.25, 0.3) is 0 Å². The van der Waals surface area contributed by atoms with Crippen molar-refractivity contribution in [3.63, 3.8) is 0 Å². The fraction of sp³-hybridized carbons (Fsp3) is 0.286. The average Bonchev–Trinajstić information content (AvgIpc) is 2.67. The molecule has 0 fully saturated rings. The van der Waals surface area contributed by atoms with E-state index in [4.69, 9.17) is 16.3 Å². The van der Waals surface area contributed by atoms with E-state index in [-0.39, 0.29) is 5.38 Å². The summed E-state index contributed by atoms with van der Waals surface area (Å²) in [4.78, 5) is 1.23. The smallest absolute Gasteiger partial charge is 0.123 e. The van der Waals surface area contributed by atoms with Crippen LogP contribution in [0.4, 0.5) is 0 Å². The Bertz CT molecular complexity index is 565. The first kappa shape index (κ1) is 13.9. The molecule has 0 saturated carbocycles. The van der Waals surface area contributed by atoms with Crippen molar-refractivity contribution < 1.29 is 4.74 Å². The van der Waals surface area contributed by atoms with Crippen molar-refractivity contribution in [1.82, 2.24) is 0 Å². The van der Waals surface area contributed by atoms with Crippen molar-refractivity contribution in [3.05, 3.63) is 49.6 Å². The lowest BCUT2D eigenvalue weighted by molar-refractivity contribution is 0.410. The monoisotopic (exact) mass is 344 g/mol. The number of methoxy groups -OCH3 is 1. The lowest BCUT2D eigenvalue weighted by Gasteiger charge is -2.14. The Morgan fingerprint density at radius 1 is 1.22 bits per heavy atom. The standard InChI is InChI=1S/C14H14BrClOS/c1-8-4-5-12(17-3)11(6-8)14(16)10-7-13(15)18-9(10)2/h4-7,14H,1-3H3. The summed E-state index contributed by atoms with van der Waals surface area (Å²) in [6.07, 6.45) is 0. The van der Waals surface area contributed by atoms with Crippen LogP contribution in [-0.4, -0.2) is 7.11 Å². The van der Waals surface area contributed by atoms with Crippen molar-refractivity contribution in [2.45, 2.75) is 19.2 Å². The van der Waals surface area contributed by atoms with Crippen LogP contribution in [0.1, 0.15) is 26.9 Å². The normalized spacial score (nSPS) is 12.5. The maximum atomic E-state index is 6.61. The van der Waals surface area contributed by atoms with Crippen molar-refractivity contribution >= 4 is 38.9 Å². The molecule has 0 bridgehead atoms. The summed E-state index contributed by atoms with van der Waals surface area (Å²) in [5, 5.41) is -0.178. The first-order chi connectivity index (χ1) is 8.52. The zero-order chi connectivity index (χ0) is 13.3. The molecule has 0 N–H and O–H groups in total. The number of rotatable bonds is 3. The predicted molar refractivity (Wildman–Crippen MR) is 82.2 cm³/mol. The van der Waals surface area contributed by atoms with Gasteiger partial charge in [-0.1, -0.05) is 17.7 Å². The lowest BCUT2D eigenvalue weighted by Crippen LogP contribution is -1.98. The fourth-order valence-corrected chi connectivity index (χ4v) is 4.14. The molecule has 0 aliphatic carbocycles. The Kier molecular flexibility index (Phi) is 4.36. The molecule has 1 aromatic heterocycles. The molecule has 1 aromatic carbocycles. The van der Waals surface area contributed by atoms with Gasteiger partial charge in [-0.05, 0) is 47.5 Å². The summed E-state index contributed by atoms with van der Waals surface area (Å²) >= 11 is 11.8. The lowest BCUT2D eigenvalue weighted by atomic mass is 10.0. The number of alkyl halides is 1. The number of hydrogen-bond donors (Lipinski definition) is 0. The van der Waals surface area contributed by atoms with E-state index in [1.807, 2.05) is 12.1 Å². The molecule has 1 unspecified atom stereocenters. The molecule has 0 aliphatic heterocycles. The third-order valence-corrected chi connectivity index (χ3v) is 4.90. The van der Waals surface area contributed by atoms with E-state index in [1.54, 1.807) is 18.4 Å². The largest absolute Gasteiger partial charge is 0.496 e. The Balaban J connectivity index is 2.48. The summed E-state index contributed by atoms with van der Waals surface area (Å²) in [6, 6.07) is 8.17. The van der Waals surface area contributed by atoms with Gasteiger partial charge in [0.05, 0.1) is 16.3 Å². The second kappa shape index (κ2) is 5.64. The molecule has 0 aliphatic rings. The van der Waals surface area contributed by atoms with Gasteiger partial charge in [-0.15, -0.1) is 22.9 Å². The quantitative estimate of drug-likeness (QED) is 0.671. The Morgan fingerprint density at radius 2 is 1.94 bits per heavy atom. The SMILES string of the molecule is COc1ccc(C)cc1C(Cl)c1cc(Br)sc1C. The van der Waals surface area contributed by atoms with Crippen molar-refractivity contribution in [2.24, 2.45) is 0 Å². The molecule has 2 rings (SSSR count). The Labute approximate surface area is 125 Å². The van der Waals surface area contributed by atoms with Crippen molar-refractivity contribution in [1.29, 1.82) is 0 Å². The average molecular weight is 346 g/mol. The highest BCUT2D eigenvalue weighted by molar-refractivity contribution is 9.11. The molecule has 4 heteroatoms. The van der Waals surface area contributed by atoms with Gasteiger partial charge in [-0.25, -0.2) is 0 Å². The highest BCUT2D eigenvalue weighted by atomic mass is 79.9.